The minimum atomic E-state index is -1.73. The minimum absolute atomic E-state index is 0.190. The fourth-order valence-electron chi connectivity index (χ4n) is 2.60. The minimum Gasteiger partial charge on any atom is -0.410 e. The molecule has 0 saturated heterocycles. The lowest BCUT2D eigenvalue weighted by Gasteiger charge is -2.27. The highest BCUT2D eigenvalue weighted by Crippen LogP contribution is 2.39. The normalized spacial score (nSPS) is 24.2. The van der Waals surface area contributed by atoms with E-state index >= 15 is 0 Å². The first-order chi connectivity index (χ1) is 10.8. The number of hydrogen-bond donors (Lipinski definition) is 0. The lowest BCUT2D eigenvalue weighted by molar-refractivity contribution is 0.221. The number of rotatable bonds is 6. The van der Waals surface area contributed by atoms with Crippen LogP contribution in [0.25, 0.3) is 0 Å². The first-order valence-corrected chi connectivity index (χ1v) is 11.5. The van der Waals surface area contributed by atoms with Crippen LogP contribution < -0.4 is 5.19 Å². The smallest absolute Gasteiger partial charge is 0.218 e. The summed E-state index contributed by atoms with van der Waals surface area (Å²) in [5.41, 5.74) is 0. The van der Waals surface area contributed by atoms with Crippen LogP contribution in [-0.4, -0.2) is 14.4 Å². The van der Waals surface area contributed by atoms with Gasteiger partial charge in [-0.15, -0.1) is 0 Å². The first kappa shape index (κ1) is 17.5. The largest absolute Gasteiger partial charge is 0.410 e. The lowest BCUT2D eigenvalue weighted by atomic mass is 10.3. The molecule has 0 amide bonds. The Morgan fingerprint density at radius 2 is 1.95 bits per heavy atom. The third kappa shape index (κ3) is 6.93. The van der Waals surface area contributed by atoms with E-state index in [1.54, 1.807) is 0 Å². The van der Waals surface area contributed by atoms with Gasteiger partial charge in [-0.1, -0.05) is 62.7 Å². The van der Waals surface area contributed by atoms with Crippen LogP contribution in [-0.2, 0) is 4.43 Å². The third-order valence-electron chi connectivity index (χ3n) is 4.27. The van der Waals surface area contributed by atoms with Crippen molar-refractivity contribution >= 4 is 13.5 Å². The second-order valence-electron chi connectivity index (χ2n) is 6.82. The average molecular weight is 320 g/mol. The highest BCUT2D eigenvalue weighted by molar-refractivity contribution is 6.84. The molecule has 0 spiro atoms. The van der Waals surface area contributed by atoms with E-state index in [1.807, 2.05) is 13.8 Å². The van der Waals surface area contributed by atoms with E-state index in [4.69, 9.17) is 5.80 Å². The van der Waals surface area contributed by atoms with Crippen LogP contribution in [0.1, 0.15) is 48.3 Å². The molecule has 124 valence electrons. The predicted octanol–water partition coefficient (Wildman–Crippen LogP) is 5.52. The van der Waals surface area contributed by atoms with Crippen molar-refractivity contribution in [2.24, 2.45) is 11.8 Å². The van der Waals surface area contributed by atoms with Crippen molar-refractivity contribution in [3.05, 3.63) is 42.5 Å². The summed E-state index contributed by atoms with van der Waals surface area (Å²) in [5.74, 6) is 1.59. The molecule has 2 heteroatoms. The molecule has 0 heterocycles. The van der Waals surface area contributed by atoms with Gasteiger partial charge in [0.15, 0.2) is 0 Å². The highest BCUT2D eigenvalue weighted by atomic mass is 28.4. The summed E-state index contributed by atoms with van der Waals surface area (Å²) in [6, 6.07) is 10.6. The number of hydrogen-bond acceptors (Lipinski definition) is 1. The summed E-state index contributed by atoms with van der Waals surface area (Å²) in [6.45, 7) is 12.9. The van der Waals surface area contributed by atoms with Crippen LogP contribution in [0.2, 0.25) is 13.1 Å². The van der Waals surface area contributed by atoms with Gasteiger partial charge in [-0.25, -0.2) is 0 Å². The first-order valence-electron chi connectivity index (χ1n) is 9.12. The van der Waals surface area contributed by atoms with E-state index in [0.29, 0.717) is 6.10 Å². The van der Waals surface area contributed by atoms with E-state index in [1.165, 1.54) is 11.6 Å². The van der Waals surface area contributed by atoms with Crippen molar-refractivity contribution in [3.63, 3.8) is 0 Å². The zero-order chi connectivity index (χ0) is 17.5. The summed E-state index contributed by atoms with van der Waals surface area (Å²) >= 11 is 0. The van der Waals surface area contributed by atoms with E-state index in [2.05, 4.69) is 69.4 Å². The van der Waals surface area contributed by atoms with E-state index in [9.17, 15) is 0 Å². The monoisotopic (exact) mass is 319 g/mol. The maximum atomic E-state index is 7.23. The van der Waals surface area contributed by atoms with Crippen molar-refractivity contribution in [1.29, 1.82) is 0 Å². The van der Waals surface area contributed by atoms with E-state index in [-0.39, 0.29) is 6.40 Å². The highest BCUT2D eigenvalue weighted by Gasteiger charge is 2.29. The third-order valence-corrected chi connectivity index (χ3v) is 6.98. The van der Waals surface area contributed by atoms with Gasteiger partial charge in [-0.2, -0.15) is 0 Å². The second-order valence-corrected chi connectivity index (χ2v) is 10.7. The van der Waals surface area contributed by atoms with Gasteiger partial charge >= 0.3 is 0 Å². The van der Waals surface area contributed by atoms with Gasteiger partial charge in [0, 0.05) is 7.47 Å². The molecule has 2 rings (SSSR count). The Kier molecular flexibility index (Phi) is 7.41. The maximum Gasteiger partial charge on any atom is 0.218 e. The molecule has 2 unspecified atom stereocenters. The van der Waals surface area contributed by atoms with Crippen LogP contribution in [0.15, 0.2) is 42.5 Å². The molecule has 1 aliphatic rings. The molecule has 1 aromatic rings. The summed E-state index contributed by atoms with van der Waals surface area (Å²) < 4.78 is 13.4. The molecular weight excluding hydrogens is 284 g/mol. The Labute approximate surface area is 140 Å². The van der Waals surface area contributed by atoms with Gasteiger partial charge in [0.25, 0.3) is 0 Å². The van der Waals surface area contributed by atoms with Crippen LogP contribution >= 0.6 is 0 Å². The standard InChI is InChI=1S/C14H22OSi.C6H12/c1-5-6-10-13(2)15-16(3,4)14-11-8-7-9-12-14;1-3-6-4-5(6)2/h5-9,11-13H,10H2,1-4H3;5-6H,3-4H2,1-2H3/b6-5-;/t;5-,6-/m.0/s1/i;3D/t;3?,5-,6-. The quantitative estimate of drug-likeness (QED) is 0.495. The molecular formula is C20H34OSi. The van der Waals surface area contributed by atoms with Crippen molar-refractivity contribution in [2.75, 3.05) is 0 Å². The average Bonchev–Trinajstić information content (AvgIpc) is 3.24. The van der Waals surface area contributed by atoms with E-state index < -0.39 is 8.32 Å². The van der Waals surface area contributed by atoms with Crippen LogP contribution in [0, 0.1) is 11.8 Å². The van der Waals surface area contributed by atoms with Gasteiger partial charge in [-0.05, 0) is 56.8 Å². The van der Waals surface area contributed by atoms with Crippen molar-refractivity contribution < 1.29 is 5.80 Å². The predicted molar refractivity (Wildman–Crippen MR) is 101 cm³/mol. The Hall–Kier alpha value is -0.863. The zero-order valence-electron chi connectivity index (χ0n) is 16.2. The molecule has 0 aliphatic heterocycles. The van der Waals surface area contributed by atoms with Crippen molar-refractivity contribution in [2.45, 2.75) is 66.1 Å². The van der Waals surface area contributed by atoms with Gasteiger partial charge in [0.2, 0.25) is 8.32 Å². The molecule has 0 bridgehead atoms. The Morgan fingerprint density at radius 1 is 1.36 bits per heavy atom. The van der Waals surface area contributed by atoms with Crippen molar-refractivity contribution in [1.82, 2.24) is 0 Å². The zero-order valence-corrected chi connectivity index (χ0v) is 16.2. The summed E-state index contributed by atoms with van der Waals surface area (Å²) in [7, 11) is -1.73. The molecule has 0 radical (unpaired) electrons. The second kappa shape index (κ2) is 9.31. The molecule has 0 aromatic heterocycles. The Balaban J connectivity index is 0.000000313. The Morgan fingerprint density at radius 3 is 2.36 bits per heavy atom. The maximum absolute atomic E-state index is 7.23. The summed E-state index contributed by atoms with van der Waals surface area (Å²) in [4.78, 5) is 0. The SMILES string of the molecule is C/C=C\CC(C)O[Si](C)(C)c1ccccc1.[2H]C(C)[C@H]1C[C@@H]1C. The fraction of sp³-hybridized carbons (Fsp3) is 0.600. The Bertz CT molecular complexity index is 470. The lowest BCUT2D eigenvalue weighted by Crippen LogP contribution is -2.46. The van der Waals surface area contributed by atoms with Gasteiger partial charge in [-0.3, -0.25) is 0 Å². The van der Waals surface area contributed by atoms with Gasteiger partial charge < -0.3 is 4.43 Å². The summed E-state index contributed by atoms with van der Waals surface area (Å²) in [6.07, 6.45) is 7.04. The topological polar surface area (TPSA) is 9.23 Å². The fourth-order valence-corrected chi connectivity index (χ4v) is 4.84. The molecule has 1 fully saturated rings. The van der Waals surface area contributed by atoms with Crippen LogP contribution in [0.3, 0.4) is 0 Å². The molecule has 1 nitrogen and oxygen atoms in total. The molecule has 0 N–H and O–H groups in total. The number of allylic oxidation sites excluding steroid dienone is 1. The molecule has 1 aliphatic carbocycles. The van der Waals surface area contributed by atoms with Crippen molar-refractivity contribution in [3.8, 4) is 0 Å². The molecule has 4 atom stereocenters. The molecule has 1 aromatic carbocycles. The molecule has 22 heavy (non-hydrogen) atoms. The van der Waals surface area contributed by atoms with Gasteiger partial charge in [0.1, 0.15) is 0 Å². The number of benzene rings is 1. The summed E-state index contributed by atoms with van der Waals surface area (Å²) in [5, 5.41) is 1.36. The van der Waals surface area contributed by atoms with Crippen LogP contribution in [0.5, 0.6) is 0 Å². The molecule has 1 saturated carbocycles. The van der Waals surface area contributed by atoms with Crippen LogP contribution in [0.4, 0.5) is 0 Å². The van der Waals surface area contributed by atoms with E-state index in [0.717, 1.165) is 18.3 Å². The van der Waals surface area contributed by atoms with Gasteiger partial charge in [0.05, 0.1) is 0 Å².